The number of rotatable bonds is 7. The van der Waals surface area contributed by atoms with E-state index >= 15 is 0 Å². The highest BCUT2D eigenvalue weighted by Crippen LogP contribution is 2.38. The summed E-state index contributed by atoms with van der Waals surface area (Å²) >= 11 is 5.94. The average molecular weight is 381 g/mol. The zero-order chi connectivity index (χ0) is 19.0. The number of guanidine groups is 1. The van der Waals surface area contributed by atoms with Crippen molar-refractivity contribution in [2.24, 2.45) is 10.4 Å². The Bertz CT molecular complexity index is 628. The van der Waals surface area contributed by atoms with Crippen LogP contribution in [0.4, 0.5) is 0 Å². The molecule has 26 heavy (non-hydrogen) atoms. The van der Waals surface area contributed by atoms with E-state index in [0.29, 0.717) is 30.7 Å². The Morgan fingerprint density at radius 3 is 2.65 bits per heavy atom. The lowest BCUT2D eigenvalue weighted by Gasteiger charge is -2.31. The van der Waals surface area contributed by atoms with Crippen molar-refractivity contribution in [3.8, 4) is 5.75 Å². The SMILES string of the molecule is CN=C(NCCOc1cccc(Cl)c1)NCC1(C(=O)N(C)C)CCCC1. The summed E-state index contributed by atoms with van der Waals surface area (Å²) < 4.78 is 5.66. The number of hydrogen-bond donors (Lipinski definition) is 2. The van der Waals surface area contributed by atoms with Crippen molar-refractivity contribution in [2.75, 3.05) is 40.8 Å². The first-order valence-electron chi connectivity index (χ1n) is 9.01. The molecule has 6 nitrogen and oxygen atoms in total. The average Bonchev–Trinajstić information content (AvgIpc) is 3.10. The third-order valence-corrected chi connectivity index (χ3v) is 4.93. The Kier molecular flexibility index (Phi) is 7.57. The van der Waals surface area contributed by atoms with Crippen LogP contribution in [-0.4, -0.2) is 57.6 Å². The van der Waals surface area contributed by atoms with Gasteiger partial charge in [-0.05, 0) is 31.0 Å². The molecule has 1 fully saturated rings. The van der Waals surface area contributed by atoms with Gasteiger partial charge in [-0.1, -0.05) is 30.5 Å². The first-order valence-corrected chi connectivity index (χ1v) is 9.39. The van der Waals surface area contributed by atoms with Crippen molar-refractivity contribution in [1.82, 2.24) is 15.5 Å². The fourth-order valence-corrected chi connectivity index (χ4v) is 3.54. The van der Waals surface area contributed by atoms with Crippen molar-refractivity contribution < 1.29 is 9.53 Å². The van der Waals surface area contributed by atoms with E-state index < -0.39 is 0 Å². The van der Waals surface area contributed by atoms with Gasteiger partial charge >= 0.3 is 0 Å². The molecule has 0 unspecified atom stereocenters. The molecule has 0 bridgehead atoms. The van der Waals surface area contributed by atoms with Crippen molar-refractivity contribution in [3.63, 3.8) is 0 Å². The molecule has 1 aromatic rings. The van der Waals surface area contributed by atoms with E-state index in [-0.39, 0.29) is 11.3 Å². The van der Waals surface area contributed by atoms with Crippen LogP contribution in [-0.2, 0) is 4.79 Å². The topological polar surface area (TPSA) is 66.0 Å². The number of carbonyl (C=O) groups excluding carboxylic acids is 1. The summed E-state index contributed by atoms with van der Waals surface area (Å²) in [7, 11) is 5.37. The van der Waals surface area contributed by atoms with Crippen LogP contribution in [0.25, 0.3) is 0 Å². The highest BCUT2D eigenvalue weighted by molar-refractivity contribution is 6.30. The second kappa shape index (κ2) is 9.67. The second-order valence-corrected chi connectivity index (χ2v) is 7.28. The maximum atomic E-state index is 12.6. The van der Waals surface area contributed by atoms with Crippen molar-refractivity contribution in [2.45, 2.75) is 25.7 Å². The normalized spacial score (nSPS) is 16.2. The number of amides is 1. The maximum Gasteiger partial charge on any atom is 0.230 e. The van der Waals surface area contributed by atoms with E-state index in [1.54, 1.807) is 18.0 Å². The molecular formula is C19H29ClN4O2. The lowest BCUT2D eigenvalue weighted by Crippen LogP contribution is -2.49. The van der Waals surface area contributed by atoms with Crippen LogP contribution in [0, 0.1) is 5.41 Å². The molecule has 0 aromatic heterocycles. The molecule has 1 aromatic carbocycles. The quantitative estimate of drug-likeness (QED) is 0.433. The standard InChI is InChI=1S/C19H29ClN4O2/c1-21-18(22-11-12-26-16-8-6-7-15(20)13-16)23-14-19(9-4-5-10-19)17(25)24(2)3/h6-8,13H,4-5,9-12,14H2,1-3H3,(H2,21,22,23). The summed E-state index contributed by atoms with van der Waals surface area (Å²) in [4.78, 5) is 18.5. The van der Waals surface area contributed by atoms with Crippen LogP contribution >= 0.6 is 11.6 Å². The van der Waals surface area contributed by atoms with Gasteiger partial charge in [0.2, 0.25) is 5.91 Å². The van der Waals surface area contributed by atoms with Gasteiger partial charge in [0.15, 0.2) is 5.96 Å². The van der Waals surface area contributed by atoms with E-state index in [4.69, 9.17) is 16.3 Å². The predicted octanol–water partition coefficient (Wildman–Crippen LogP) is 2.53. The number of ether oxygens (including phenoxy) is 1. The zero-order valence-corrected chi connectivity index (χ0v) is 16.6. The van der Waals surface area contributed by atoms with Crippen LogP contribution in [0.15, 0.2) is 29.3 Å². The monoisotopic (exact) mass is 380 g/mol. The van der Waals surface area contributed by atoms with E-state index in [1.807, 2.05) is 32.3 Å². The van der Waals surface area contributed by atoms with Crippen LogP contribution in [0.3, 0.4) is 0 Å². The fraction of sp³-hybridized carbons (Fsp3) is 0.579. The number of nitrogens with zero attached hydrogens (tertiary/aromatic N) is 2. The van der Waals surface area contributed by atoms with Crippen molar-refractivity contribution >= 4 is 23.5 Å². The minimum atomic E-state index is -0.321. The summed E-state index contributed by atoms with van der Waals surface area (Å²) in [6, 6.07) is 7.32. The third kappa shape index (κ3) is 5.53. The molecule has 0 heterocycles. The maximum absolute atomic E-state index is 12.6. The predicted molar refractivity (Wildman–Crippen MR) is 106 cm³/mol. The van der Waals surface area contributed by atoms with E-state index in [2.05, 4.69) is 15.6 Å². The molecule has 144 valence electrons. The molecule has 0 atom stereocenters. The highest BCUT2D eigenvalue weighted by atomic mass is 35.5. The van der Waals surface area contributed by atoms with Gasteiger partial charge in [-0.3, -0.25) is 9.79 Å². The zero-order valence-electron chi connectivity index (χ0n) is 15.8. The van der Waals surface area contributed by atoms with Crippen LogP contribution < -0.4 is 15.4 Å². The molecule has 1 amide bonds. The largest absolute Gasteiger partial charge is 0.492 e. The van der Waals surface area contributed by atoms with E-state index in [9.17, 15) is 4.79 Å². The minimum absolute atomic E-state index is 0.197. The van der Waals surface area contributed by atoms with Gasteiger partial charge in [0, 0.05) is 32.7 Å². The smallest absolute Gasteiger partial charge is 0.230 e. The molecule has 0 saturated heterocycles. The van der Waals surface area contributed by atoms with Gasteiger partial charge in [-0.15, -0.1) is 0 Å². The first kappa shape index (κ1) is 20.4. The number of nitrogens with one attached hydrogen (secondary N) is 2. The molecule has 0 aliphatic heterocycles. The third-order valence-electron chi connectivity index (χ3n) is 4.70. The Hall–Kier alpha value is -1.95. The van der Waals surface area contributed by atoms with Crippen molar-refractivity contribution in [3.05, 3.63) is 29.3 Å². The molecule has 1 aliphatic rings. The summed E-state index contributed by atoms with van der Waals surface area (Å²) in [6.07, 6.45) is 4.04. The molecular weight excluding hydrogens is 352 g/mol. The Labute approximate surface area is 161 Å². The van der Waals surface area contributed by atoms with E-state index in [0.717, 1.165) is 31.4 Å². The summed E-state index contributed by atoms with van der Waals surface area (Å²) in [5.74, 6) is 1.61. The highest BCUT2D eigenvalue weighted by Gasteiger charge is 2.42. The molecule has 1 saturated carbocycles. The molecule has 2 N–H and O–H groups in total. The first-order chi connectivity index (χ1) is 12.5. The summed E-state index contributed by atoms with van der Waals surface area (Å²) in [5, 5.41) is 7.18. The number of aliphatic imine (C=N–C) groups is 1. The minimum Gasteiger partial charge on any atom is -0.492 e. The molecule has 1 aliphatic carbocycles. The molecule has 0 radical (unpaired) electrons. The summed E-state index contributed by atoms with van der Waals surface area (Å²) in [5.41, 5.74) is -0.321. The van der Waals surface area contributed by atoms with Gasteiger partial charge in [0.25, 0.3) is 0 Å². The van der Waals surface area contributed by atoms with Gasteiger partial charge in [0.1, 0.15) is 12.4 Å². The van der Waals surface area contributed by atoms with Crippen LogP contribution in [0.2, 0.25) is 5.02 Å². The lowest BCUT2D eigenvalue weighted by atomic mass is 9.84. The van der Waals surface area contributed by atoms with Gasteiger partial charge in [-0.2, -0.15) is 0 Å². The Morgan fingerprint density at radius 1 is 1.31 bits per heavy atom. The fourth-order valence-electron chi connectivity index (χ4n) is 3.36. The van der Waals surface area contributed by atoms with Gasteiger partial charge < -0.3 is 20.3 Å². The van der Waals surface area contributed by atoms with Crippen LogP contribution in [0.5, 0.6) is 5.75 Å². The van der Waals surface area contributed by atoms with Gasteiger partial charge in [-0.25, -0.2) is 0 Å². The number of halogens is 1. The Morgan fingerprint density at radius 2 is 2.04 bits per heavy atom. The van der Waals surface area contributed by atoms with Crippen LogP contribution in [0.1, 0.15) is 25.7 Å². The Balaban J connectivity index is 1.79. The summed E-state index contributed by atoms with van der Waals surface area (Å²) in [6.45, 7) is 1.68. The second-order valence-electron chi connectivity index (χ2n) is 6.85. The number of carbonyl (C=O) groups is 1. The lowest BCUT2D eigenvalue weighted by molar-refractivity contribution is -0.138. The van der Waals surface area contributed by atoms with Crippen molar-refractivity contribution in [1.29, 1.82) is 0 Å². The molecule has 0 spiro atoms. The molecule has 2 rings (SSSR count). The van der Waals surface area contributed by atoms with Gasteiger partial charge in [0.05, 0.1) is 12.0 Å². The van der Waals surface area contributed by atoms with E-state index in [1.165, 1.54) is 0 Å². The number of benzene rings is 1. The molecule has 7 heteroatoms. The number of hydrogen-bond acceptors (Lipinski definition) is 3.